The van der Waals surface area contributed by atoms with Crippen molar-refractivity contribution in [2.75, 3.05) is 14.1 Å². The van der Waals surface area contributed by atoms with E-state index >= 15 is 0 Å². The molecular weight excluding hydrogens is 470 g/mol. The molecule has 0 saturated carbocycles. The maximum absolute atomic E-state index is 4.44. The second-order valence-electron chi connectivity index (χ2n) is 5.55. The van der Waals surface area contributed by atoms with E-state index in [9.17, 15) is 0 Å². The average molecular weight is 491 g/mol. The molecule has 5 nitrogen and oxygen atoms in total. The number of hydrogen-bond acceptors (Lipinski definition) is 5. The molecule has 1 aromatic heterocycles. The molecule has 2 rings (SSSR count). The number of aliphatic imine (C=N–C) groups is 1. The lowest BCUT2D eigenvalue weighted by molar-refractivity contribution is 0.408. The van der Waals surface area contributed by atoms with Crippen LogP contribution in [0.4, 0.5) is 0 Å². The Kier molecular flexibility index (Phi) is 8.42. The Labute approximate surface area is 176 Å². The fourth-order valence-electron chi connectivity index (χ4n) is 2.23. The highest BCUT2D eigenvalue weighted by molar-refractivity contribution is 9.12. The minimum atomic E-state index is 0.613. The minimum absolute atomic E-state index is 0.613. The summed E-state index contributed by atoms with van der Waals surface area (Å²) in [5.41, 5.74) is 2.90. The first-order valence-corrected chi connectivity index (χ1v) is 9.78. The molecule has 1 heterocycles. The van der Waals surface area contributed by atoms with Gasteiger partial charge in [-0.15, -0.1) is 0 Å². The second kappa shape index (κ2) is 10.8. The van der Waals surface area contributed by atoms with Crippen molar-refractivity contribution in [2.45, 2.75) is 6.54 Å². The molecule has 27 heavy (non-hydrogen) atoms. The summed E-state index contributed by atoms with van der Waals surface area (Å²) < 4.78 is 1.67. The van der Waals surface area contributed by atoms with Crippen LogP contribution in [0.25, 0.3) is 0 Å². The lowest BCUT2D eigenvalue weighted by atomic mass is 10.1. The first-order valence-electron chi connectivity index (χ1n) is 8.19. The molecule has 0 bridgehead atoms. The predicted molar refractivity (Wildman–Crippen MR) is 120 cm³/mol. The zero-order valence-corrected chi connectivity index (χ0v) is 18.4. The molecule has 0 fully saturated rings. The normalized spacial score (nSPS) is 12.3. The summed E-state index contributed by atoms with van der Waals surface area (Å²) in [5.74, 6) is 0.792. The number of pyridine rings is 1. The Morgan fingerprint density at radius 3 is 2.70 bits per heavy atom. The zero-order valence-electron chi connectivity index (χ0n) is 15.2. The van der Waals surface area contributed by atoms with Crippen molar-refractivity contribution in [2.24, 2.45) is 10.1 Å². The number of nitrogens with zero attached hydrogens (tertiary/aromatic N) is 4. The van der Waals surface area contributed by atoms with E-state index in [1.165, 1.54) is 0 Å². The third kappa shape index (κ3) is 6.77. The molecule has 0 saturated heterocycles. The number of hydrazone groups is 1. The average Bonchev–Trinajstić information content (AvgIpc) is 2.68. The smallest absolute Gasteiger partial charge is 0.124 e. The molecule has 1 aromatic carbocycles. The van der Waals surface area contributed by atoms with Gasteiger partial charge in [0.15, 0.2) is 0 Å². The van der Waals surface area contributed by atoms with Crippen LogP contribution in [0.3, 0.4) is 0 Å². The van der Waals surface area contributed by atoms with Crippen molar-refractivity contribution in [3.63, 3.8) is 0 Å². The van der Waals surface area contributed by atoms with Crippen LogP contribution < -0.4 is 5.32 Å². The standard InChI is InChI=1S/C20H21Br2N5/c1-15(21)12-26-27(3)20(25-14-16-7-6-10-24-13-16)11-19(23-2)17-8-4-5-9-18(17)22/h4-13,25H,1,14H2,2-3H3/b20-11-,23-19+,26-12-. The van der Waals surface area contributed by atoms with Crippen molar-refractivity contribution in [3.05, 3.63) is 87.3 Å². The number of allylic oxidation sites excluding steroid dienone is 2. The number of halogens is 2. The van der Waals surface area contributed by atoms with Crippen LogP contribution in [0.2, 0.25) is 0 Å². The molecule has 0 spiro atoms. The van der Waals surface area contributed by atoms with Crippen LogP contribution in [0, 0.1) is 0 Å². The Balaban J connectivity index is 2.32. The van der Waals surface area contributed by atoms with Crippen molar-refractivity contribution in [1.29, 1.82) is 0 Å². The van der Waals surface area contributed by atoms with Gasteiger partial charge in [0.2, 0.25) is 0 Å². The number of nitrogens with one attached hydrogen (secondary N) is 1. The summed E-state index contributed by atoms with van der Waals surface area (Å²) in [6, 6.07) is 11.9. The van der Waals surface area contributed by atoms with E-state index in [0.29, 0.717) is 11.0 Å². The lowest BCUT2D eigenvalue weighted by Crippen LogP contribution is -2.26. The largest absolute Gasteiger partial charge is 0.366 e. The summed E-state index contributed by atoms with van der Waals surface area (Å²) in [4.78, 5) is 8.60. The SMILES string of the molecule is C=C(Br)/C=N\N(C)/C(=C\C(=N/C)c1ccccc1Br)NCc1cccnc1. The van der Waals surface area contributed by atoms with Gasteiger partial charge in [0.05, 0.1) is 11.9 Å². The molecule has 0 amide bonds. The maximum atomic E-state index is 4.44. The van der Waals surface area contributed by atoms with Gasteiger partial charge in [-0.25, -0.2) is 0 Å². The van der Waals surface area contributed by atoms with Gasteiger partial charge in [0.1, 0.15) is 5.82 Å². The fourth-order valence-corrected chi connectivity index (χ4v) is 2.81. The van der Waals surface area contributed by atoms with Crippen LogP contribution in [0.1, 0.15) is 11.1 Å². The number of benzene rings is 1. The molecule has 0 aliphatic heterocycles. The van der Waals surface area contributed by atoms with Gasteiger partial charge < -0.3 is 5.32 Å². The van der Waals surface area contributed by atoms with Crippen molar-refractivity contribution < 1.29 is 0 Å². The first-order chi connectivity index (χ1) is 13.0. The summed E-state index contributed by atoms with van der Waals surface area (Å²) in [6.07, 6.45) is 7.19. The van der Waals surface area contributed by atoms with E-state index in [1.54, 1.807) is 24.5 Å². The topological polar surface area (TPSA) is 52.9 Å². The Morgan fingerprint density at radius 2 is 2.07 bits per heavy atom. The Morgan fingerprint density at radius 1 is 1.30 bits per heavy atom. The number of aromatic nitrogens is 1. The number of rotatable bonds is 8. The van der Waals surface area contributed by atoms with Gasteiger partial charge >= 0.3 is 0 Å². The van der Waals surface area contributed by atoms with Crippen LogP contribution in [-0.4, -0.2) is 36.0 Å². The molecule has 140 valence electrons. The predicted octanol–water partition coefficient (Wildman–Crippen LogP) is 4.72. The lowest BCUT2D eigenvalue weighted by Gasteiger charge is -2.20. The van der Waals surface area contributed by atoms with Gasteiger partial charge in [-0.2, -0.15) is 5.10 Å². The van der Waals surface area contributed by atoms with Gasteiger partial charge in [-0.05, 0) is 33.6 Å². The summed E-state index contributed by atoms with van der Waals surface area (Å²) in [7, 11) is 3.63. The maximum Gasteiger partial charge on any atom is 0.124 e. The molecule has 0 atom stereocenters. The number of hydrogen-bond donors (Lipinski definition) is 1. The van der Waals surface area contributed by atoms with Crippen molar-refractivity contribution in [1.82, 2.24) is 15.3 Å². The van der Waals surface area contributed by atoms with Crippen LogP contribution in [-0.2, 0) is 6.54 Å². The third-order valence-corrected chi connectivity index (χ3v) is 4.48. The molecule has 7 heteroatoms. The molecule has 0 aliphatic rings. The first kappa shape index (κ1) is 21.1. The molecule has 0 aliphatic carbocycles. The molecule has 2 aromatic rings. The quantitative estimate of drug-likeness (QED) is 0.430. The van der Waals surface area contributed by atoms with E-state index in [0.717, 1.165) is 27.1 Å². The van der Waals surface area contributed by atoms with Crippen LogP contribution >= 0.6 is 31.9 Å². The van der Waals surface area contributed by atoms with Crippen molar-refractivity contribution >= 4 is 43.8 Å². The molecule has 0 unspecified atom stereocenters. The van der Waals surface area contributed by atoms with E-state index in [-0.39, 0.29) is 0 Å². The molecule has 1 N–H and O–H groups in total. The van der Waals surface area contributed by atoms with E-state index in [1.807, 2.05) is 55.7 Å². The molecule has 0 radical (unpaired) electrons. The van der Waals surface area contributed by atoms with Crippen LogP contribution in [0.15, 0.2) is 86.3 Å². The van der Waals surface area contributed by atoms with Gasteiger partial charge in [-0.1, -0.05) is 46.8 Å². The molecular formula is C20H21Br2N5. The Bertz CT molecular complexity index is 860. The monoisotopic (exact) mass is 489 g/mol. The van der Waals surface area contributed by atoms with Gasteiger partial charge in [-0.3, -0.25) is 15.0 Å². The van der Waals surface area contributed by atoms with Crippen LogP contribution in [0.5, 0.6) is 0 Å². The van der Waals surface area contributed by atoms with Gasteiger partial charge in [0, 0.05) is 53.6 Å². The van der Waals surface area contributed by atoms with Gasteiger partial charge in [0.25, 0.3) is 0 Å². The fraction of sp³-hybridized carbons (Fsp3) is 0.150. The summed E-state index contributed by atoms with van der Waals surface area (Å²) >= 11 is 6.88. The summed E-state index contributed by atoms with van der Waals surface area (Å²) in [5, 5.41) is 9.54. The highest BCUT2D eigenvalue weighted by Crippen LogP contribution is 2.18. The zero-order chi connectivity index (χ0) is 19.6. The van der Waals surface area contributed by atoms with Crippen molar-refractivity contribution in [3.8, 4) is 0 Å². The Hall–Kier alpha value is -2.25. The third-order valence-electron chi connectivity index (χ3n) is 3.58. The highest BCUT2D eigenvalue weighted by atomic mass is 79.9. The van der Waals surface area contributed by atoms with E-state index < -0.39 is 0 Å². The second-order valence-corrected chi connectivity index (χ2v) is 7.42. The van der Waals surface area contributed by atoms with E-state index in [4.69, 9.17) is 0 Å². The summed E-state index contributed by atoms with van der Waals surface area (Å²) in [6.45, 7) is 4.39. The van der Waals surface area contributed by atoms with E-state index in [2.05, 4.69) is 58.8 Å². The minimum Gasteiger partial charge on any atom is -0.366 e. The highest BCUT2D eigenvalue weighted by Gasteiger charge is 2.09.